The van der Waals surface area contributed by atoms with Crippen LogP contribution in [0.2, 0.25) is 0 Å². The lowest BCUT2D eigenvalue weighted by atomic mass is 9.87. The first-order valence-corrected chi connectivity index (χ1v) is 13.5. The van der Waals surface area contributed by atoms with Crippen LogP contribution >= 0.6 is 0 Å². The molecule has 2 aliphatic rings. The van der Waals surface area contributed by atoms with Crippen molar-refractivity contribution in [3.63, 3.8) is 0 Å². The molecule has 194 valence electrons. The zero-order valence-corrected chi connectivity index (χ0v) is 21.7. The van der Waals surface area contributed by atoms with Gasteiger partial charge >= 0.3 is 0 Å². The van der Waals surface area contributed by atoms with Gasteiger partial charge in [0.05, 0.1) is 13.3 Å². The quantitative estimate of drug-likeness (QED) is 0.329. The molecule has 0 radical (unpaired) electrons. The number of hydrogen-bond donors (Lipinski definition) is 1. The van der Waals surface area contributed by atoms with Gasteiger partial charge in [-0.25, -0.2) is 0 Å². The SMILES string of the molecule is CCOc1cccc(C2=C(c3ccc(OC4CCN(CCCF)C4)cc3)c3ccc(N)cc3CCC2)c1. The average Bonchev–Trinajstić information content (AvgIpc) is 3.27. The van der Waals surface area contributed by atoms with Gasteiger partial charge in [0, 0.05) is 25.3 Å². The van der Waals surface area contributed by atoms with Gasteiger partial charge in [-0.1, -0.05) is 30.3 Å². The van der Waals surface area contributed by atoms with Crippen LogP contribution in [0.3, 0.4) is 0 Å². The topological polar surface area (TPSA) is 47.7 Å². The summed E-state index contributed by atoms with van der Waals surface area (Å²) in [6.45, 7) is 5.05. The summed E-state index contributed by atoms with van der Waals surface area (Å²) in [5, 5.41) is 0. The van der Waals surface area contributed by atoms with E-state index in [1.165, 1.54) is 33.4 Å². The molecule has 1 aliphatic heterocycles. The van der Waals surface area contributed by atoms with Crippen LogP contribution < -0.4 is 15.2 Å². The molecule has 1 unspecified atom stereocenters. The number of allylic oxidation sites excluding steroid dienone is 1. The van der Waals surface area contributed by atoms with E-state index in [-0.39, 0.29) is 12.8 Å². The predicted octanol–water partition coefficient (Wildman–Crippen LogP) is 6.78. The van der Waals surface area contributed by atoms with Crippen molar-refractivity contribution < 1.29 is 13.9 Å². The molecule has 5 rings (SSSR count). The number of halogens is 1. The lowest BCUT2D eigenvalue weighted by molar-refractivity contribution is 0.198. The van der Waals surface area contributed by atoms with E-state index in [1.807, 2.05) is 19.1 Å². The third-order valence-electron chi connectivity index (χ3n) is 7.35. The van der Waals surface area contributed by atoms with E-state index in [1.54, 1.807) is 0 Å². The number of ether oxygens (including phenoxy) is 2. The fraction of sp³-hybridized carbons (Fsp3) is 0.375. The summed E-state index contributed by atoms with van der Waals surface area (Å²) in [6.07, 6.45) is 4.78. The maximum Gasteiger partial charge on any atom is 0.119 e. The number of nitrogens with two attached hydrogens (primary N) is 1. The highest BCUT2D eigenvalue weighted by Gasteiger charge is 2.24. The fourth-order valence-corrected chi connectivity index (χ4v) is 5.64. The second-order valence-electron chi connectivity index (χ2n) is 9.98. The zero-order valence-electron chi connectivity index (χ0n) is 21.7. The number of nitrogens with zero attached hydrogens (tertiary/aromatic N) is 1. The predicted molar refractivity (Wildman–Crippen MR) is 150 cm³/mol. The Morgan fingerprint density at radius 1 is 0.973 bits per heavy atom. The van der Waals surface area contributed by atoms with Crippen molar-refractivity contribution in [2.75, 3.05) is 38.6 Å². The summed E-state index contributed by atoms with van der Waals surface area (Å²) in [4.78, 5) is 2.29. The summed E-state index contributed by atoms with van der Waals surface area (Å²) < 4.78 is 24.7. The number of aryl methyl sites for hydroxylation is 1. The van der Waals surface area contributed by atoms with Crippen molar-refractivity contribution in [2.24, 2.45) is 0 Å². The monoisotopic (exact) mass is 500 g/mol. The molecule has 37 heavy (non-hydrogen) atoms. The number of likely N-dealkylation sites (tertiary alicyclic amines) is 1. The van der Waals surface area contributed by atoms with Crippen LogP contribution in [0.5, 0.6) is 11.5 Å². The molecule has 3 aromatic rings. The van der Waals surface area contributed by atoms with Crippen LogP contribution in [0.1, 0.15) is 54.9 Å². The van der Waals surface area contributed by atoms with Gasteiger partial charge in [-0.05, 0) is 109 Å². The molecule has 1 atom stereocenters. The lowest BCUT2D eigenvalue weighted by Crippen LogP contribution is -2.26. The molecular formula is C32H37FN2O2. The standard InChI is InChI=1S/C32H37FN2O2/c1-2-36-28-8-3-6-25(21-28)30-9-4-7-24-20-26(34)12-15-31(24)32(30)23-10-13-27(14-11-23)37-29-16-19-35(22-29)18-5-17-33/h3,6,8,10-15,20-21,29H,2,4-5,7,9,16-19,22,34H2,1H3. The Morgan fingerprint density at radius 3 is 2.65 bits per heavy atom. The van der Waals surface area contributed by atoms with E-state index in [9.17, 15) is 4.39 Å². The summed E-state index contributed by atoms with van der Waals surface area (Å²) in [7, 11) is 0. The summed E-state index contributed by atoms with van der Waals surface area (Å²) >= 11 is 0. The highest BCUT2D eigenvalue weighted by atomic mass is 19.1. The van der Waals surface area contributed by atoms with Gasteiger partial charge in [0.1, 0.15) is 17.6 Å². The minimum Gasteiger partial charge on any atom is -0.494 e. The van der Waals surface area contributed by atoms with E-state index in [4.69, 9.17) is 15.2 Å². The number of benzene rings is 3. The molecule has 4 nitrogen and oxygen atoms in total. The minimum atomic E-state index is -0.257. The van der Waals surface area contributed by atoms with E-state index in [2.05, 4.69) is 59.5 Å². The molecular weight excluding hydrogens is 463 g/mol. The van der Waals surface area contributed by atoms with Gasteiger partial charge in [-0.3, -0.25) is 9.29 Å². The van der Waals surface area contributed by atoms with E-state index >= 15 is 0 Å². The van der Waals surface area contributed by atoms with Crippen LogP contribution in [0.15, 0.2) is 66.7 Å². The van der Waals surface area contributed by atoms with Crippen molar-refractivity contribution in [1.82, 2.24) is 4.90 Å². The highest BCUT2D eigenvalue weighted by Crippen LogP contribution is 2.41. The van der Waals surface area contributed by atoms with E-state index in [0.717, 1.165) is 62.5 Å². The Balaban J connectivity index is 1.47. The van der Waals surface area contributed by atoms with Crippen molar-refractivity contribution >= 4 is 16.8 Å². The van der Waals surface area contributed by atoms with Gasteiger partial charge in [0.15, 0.2) is 0 Å². The summed E-state index contributed by atoms with van der Waals surface area (Å²) in [5.41, 5.74) is 14.5. The van der Waals surface area contributed by atoms with Crippen molar-refractivity contribution in [1.29, 1.82) is 0 Å². The van der Waals surface area contributed by atoms with Crippen LogP contribution in [0, 0.1) is 0 Å². The molecule has 0 spiro atoms. The third-order valence-corrected chi connectivity index (χ3v) is 7.35. The Kier molecular flexibility index (Phi) is 8.10. The number of nitrogen functional groups attached to an aromatic ring is 1. The summed E-state index contributed by atoms with van der Waals surface area (Å²) in [5.74, 6) is 1.78. The zero-order chi connectivity index (χ0) is 25.6. The number of rotatable bonds is 9. The molecule has 3 aromatic carbocycles. The van der Waals surface area contributed by atoms with E-state index < -0.39 is 0 Å². The minimum absolute atomic E-state index is 0.156. The molecule has 1 saturated heterocycles. The van der Waals surface area contributed by atoms with Crippen LogP contribution in [0.4, 0.5) is 10.1 Å². The Morgan fingerprint density at radius 2 is 1.84 bits per heavy atom. The Hall–Kier alpha value is -3.31. The van der Waals surface area contributed by atoms with E-state index in [0.29, 0.717) is 13.0 Å². The molecule has 0 bridgehead atoms. The number of alkyl halides is 1. The molecule has 0 saturated carbocycles. The smallest absolute Gasteiger partial charge is 0.119 e. The number of hydrogen-bond acceptors (Lipinski definition) is 4. The maximum atomic E-state index is 12.5. The molecule has 1 aliphatic carbocycles. The largest absolute Gasteiger partial charge is 0.494 e. The molecule has 2 N–H and O–H groups in total. The van der Waals surface area contributed by atoms with Crippen molar-refractivity contribution in [3.8, 4) is 11.5 Å². The highest BCUT2D eigenvalue weighted by molar-refractivity contribution is 6.00. The molecule has 1 fully saturated rings. The fourth-order valence-electron chi connectivity index (χ4n) is 5.64. The summed E-state index contributed by atoms with van der Waals surface area (Å²) in [6, 6.07) is 23.3. The van der Waals surface area contributed by atoms with Gasteiger partial charge < -0.3 is 15.2 Å². The van der Waals surface area contributed by atoms with Gasteiger partial charge in [0.25, 0.3) is 0 Å². The first-order valence-electron chi connectivity index (χ1n) is 13.5. The van der Waals surface area contributed by atoms with Gasteiger partial charge in [-0.15, -0.1) is 0 Å². The van der Waals surface area contributed by atoms with Crippen LogP contribution in [-0.4, -0.2) is 43.9 Å². The lowest BCUT2D eigenvalue weighted by Gasteiger charge is -2.19. The normalized spacial score (nSPS) is 17.9. The maximum absolute atomic E-state index is 12.5. The van der Waals surface area contributed by atoms with Crippen LogP contribution in [-0.2, 0) is 6.42 Å². The van der Waals surface area contributed by atoms with Gasteiger partial charge in [-0.2, -0.15) is 0 Å². The molecule has 0 aromatic heterocycles. The number of anilines is 1. The van der Waals surface area contributed by atoms with Crippen molar-refractivity contribution in [2.45, 2.75) is 45.1 Å². The Bertz CT molecular complexity index is 1240. The van der Waals surface area contributed by atoms with Gasteiger partial charge in [0.2, 0.25) is 0 Å². The molecule has 0 amide bonds. The second-order valence-corrected chi connectivity index (χ2v) is 9.98. The number of fused-ring (bicyclic) bond motifs is 1. The average molecular weight is 501 g/mol. The second kappa shape index (κ2) is 11.8. The Labute approximate surface area is 219 Å². The van der Waals surface area contributed by atoms with Crippen LogP contribution in [0.25, 0.3) is 11.1 Å². The molecule has 5 heteroatoms. The first kappa shape index (κ1) is 25.3. The third kappa shape index (κ3) is 5.99. The first-order chi connectivity index (χ1) is 18.1. The van der Waals surface area contributed by atoms with Crippen molar-refractivity contribution in [3.05, 3.63) is 89.0 Å². The molecule has 1 heterocycles.